The normalized spacial score (nSPS) is 15.0. The van der Waals surface area contributed by atoms with E-state index in [0.29, 0.717) is 17.8 Å². The Labute approximate surface area is 210 Å². The van der Waals surface area contributed by atoms with Crippen LogP contribution in [-0.2, 0) is 6.42 Å². The molecule has 0 aliphatic carbocycles. The molecule has 0 heterocycles. The molecule has 34 heavy (non-hydrogen) atoms. The van der Waals surface area contributed by atoms with E-state index >= 15 is 0 Å². The number of hydrogen-bond donors (Lipinski definition) is 0. The van der Waals surface area contributed by atoms with E-state index < -0.39 is 0 Å². The van der Waals surface area contributed by atoms with Gasteiger partial charge >= 0.3 is 0 Å². The molecule has 3 unspecified atom stereocenters. The molecule has 1 heteroatoms. The van der Waals surface area contributed by atoms with Crippen LogP contribution in [0.2, 0.25) is 0 Å². The quantitative estimate of drug-likeness (QED) is 0.246. The van der Waals surface area contributed by atoms with Crippen molar-refractivity contribution >= 4 is 5.57 Å². The molecule has 0 saturated carbocycles. The van der Waals surface area contributed by atoms with E-state index in [9.17, 15) is 4.39 Å². The molecule has 0 radical (unpaired) electrons. The molecule has 0 spiro atoms. The van der Waals surface area contributed by atoms with Crippen LogP contribution in [0.3, 0.4) is 0 Å². The van der Waals surface area contributed by atoms with Crippen molar-refractivity contribution < 1.29 is 4.39 Å². The zero-order valence-corrected chi connectivity index (χ0v) is 22.9. The average molecular weight is 465 g/mol. The SMILES string of the molecule is C=C(CCCC(C)(CCC)CC(CCC)CC(C)c1ccccc1)c1ccc(C)c(F)c1CC. The number of aryl methyl sites for hydroxylation is 1. The molecule has 0 aromatic heterocycles. The van der Waals surface area contributed by atoms with Crippen molar-refractivity contribution in [2.24, 2.45) is 11.3 Å². The molecule has 2 aromatic carbocycles. The van der Waals surface area contributed by atoms with Gasteiger partial charge in [-0.1, -0.05) is 103 Å². The van der Waals surface area contributed by atoms with Crippen molar-refractivity contribution in [3.05, 3.63) is 77.1 Å². The van der Waals surface area contributed by atoms with Crippen molar-refractivity contribution in [1.82, 2.24) is 0 Å². The van der Waals surface area contributed by atoms with Crippen molar-refractivity contribution in [2.75, 3.05) is 0 Å². The fraction of sp³-hybridized carbons (Fsp3) is 0.576. The smallest absolute Gasteiger partial charge is 0.129 e. The predicted molar refractivity (Wildman–Crippen MR) is 149 cm³/mol. The lowest BCUT2D eigenvalue weighted by molar-refractivity contribution is 0.181. The molecule has 3 atom stereocenters. The van der Waals surface area contributed by atoms with Crippen molar-refractivity contribution in [2.45, 2.75) is 112 Å². The predicted octanol–water partition coefficient (Wildman–Crippen LogP) is 10.7. The number of benzene rings is 2. The molecule has 0 amide bonds. The highest BCUT2D eigenvalue weighted by Gasteiger charge is 2.28. The molecule has 0 bridgehead atoms. The monoisotopic (exact) mass is 464 g/mol. The summed E-state index contributed by atoms with van der Waals surface area (Å²) in [5.74, 6) is 1.32. The van der Waals surface area contributed by atoms with Gasteiger partial charge in [-0.15, -0.1) is 0 Å². The first-order valence-corrected chi connectivity index (χ1v) is 13.8. The lowest BCUT2D eigenvalue weighted by Crippen LogP contribution is -2.22. The first kappa shape index (κ1) is 28.3. The molecule has 0 nitrogen and oxygen atoms in total. The fourth-order valence-electron chi connectivity index (χ4n) is 6.04. The summed E-state index contributed by atoms with van der Waals surface area (Å²) in [4.78, 5) is 0. The summed E-state index contributed by atoms with van der Waals surface area (Å²) in [7, 11) is 0. The standard InChI is InChI=1S/C33H49F/c1-8-15-28(23-27(6)29-17-12-11-13-18-29)24-33(7,21-9-2)22-14-16-25(4)31-20-19-26(5)32(34)30(31)10-3/h11-13,17-20,27-28H,4,8-10,14-16,21-24H2,1-3,5-7H3. The third-order valence-electron chi connectivity index (χ3n) is 7.82. The third-order valence-corrected chi connectivity index (χ3v) is 7.82. The van der Waals surface area contributed by atoms with Crippen LogP contribution in [0.4, 0.5) is 4.39 Å². The van der Waals surface area contributed by atoms with Crippen LogP contribution in [0.1, 0.15) is 121 Å². The highest BCUT2D eigenvalue weighted by molar-refractivity contribution is 5.67. The van der Waals surface area contributed by atoms with Gasteiger partial charge in [0.1, 0.15) is 5.82 Å². The van der Waals surface area contributed by atoms with Gasteiger partial charge < -0.3 is 0 Å². The Morgan fingerprint density at radius 1 is 1.00 bits per heavy atom. The molecule has 2 rings (SSSR count). The van der Waals surface area contributed by atoms with Gasteiger partial charge in [0.05, 0.1) is 0 Å². The van der Waals surface area contributed by atoms with Gasteiger partial charge in [0.15, 0.2) is 0 Å². The van der Waals surface area contributed by atoms with Crippen LogP contribution < -0.4 is 0 Å². The summed E-state index contributed by atoms with van der Waals surface area (Å²) in [6, 6.07) is 15.0. The van der Waals surface area contributed by atoms with E-state index in [1.807, 2.05) is 19.9 Å². The van der Waals surface area contributed by atoms with Gasteiger partial charge in [-0.2, -0.15) is 0 Å². The largest absolute Gasteiger partial charge is 0.206 e. The zero-order valence-electron chi connectivity index (χ0n) is 22.9. The van der Waals surface area contributed by atoms with Crippen LogP contribution in [0, 0.1) is 24.1 Å². The minimum absolute atomic E-state index is 0.0492. The first-order valence-electron chi connectivity index (χ1n) is 13.8. The molecular weight excluding hydrogens is 415 g/mol. The van der Waals surface area contributed by atoms with E-state index in [4.69, 9.17) is 0 Å². The Morgan fingerprint density at radius 2 is 1.71 bits per heavy atom. The molecular formula is C33H49F. The van der Waals surface area contributed by atoms with Crippen LogP contribution in [-0.4, -0.2) is 0 Å². The summed E-state index contributed by atoms with van der Waals surface area (Å²) in [6.45, 7) is 17.8. The second-order valence-electron chi connectivity index (χ2n) is 11.0. The van der Waals surface area contributed by atoms with E-state index in [0.717, 1.165) is 41.0 Å². The molecule has 0 aliphatic rings. The second-order valence-corrected chi connectivity index (χ2v) is 11.0. The highest BCUT2D eigenvalue weighted by Crippen LogP contribution is 2.41. The van der Waals surface area contributed by atoms with Crippen LogP contribution in [0.25, 0.3) is 5.57 Å². The molecule has 0 N–H and O–H groups in total. The number of hydrogen-bond acceptors (Lipinski definition) is 0. The van der Waals surface area contributed by atoms with E-state index in [-0.39, 0.29) is 5.82 Å². The van der Waals surface area contributed by atoms with E-state index in [2.05, 4.69) is 70.7 Å². The van der Waals surface area contributed by atoms with Crippen molar-refractivity contribution in [3.8, 4) is 0 Å². The van der Waals surface area contributed by atoms with Gasteiger partial charge in [-0.25, -0.2) is 4.39 Å². The van der Waals surface area contributed by atoms with E-state index in [1.165, 1.54) is 50.5 Å². The molecule has 0 saturated heterocycles. The van der Waals surface area contributed by atoms with Crippen LogP contribution in [0.15, 0.2) is 49.0 Å². The van der Waals surface area contributed by atoms with Gasteiger partial charge in [0, 0.05) is 0 Å². The van der Waals surface area contributed by atoms with Crippen molar-refractivity contribution in [3.63, 3.8) is 0 Å². The number of rotatable bonds is 15. The minimum Gasteiger partial charge on any atom is -0.206 e. The lowest BCUT2D eigenvalue weighted by atomic mass is 9.71. The first-order chi connectivity index (χ1) is 16.2. The summed E-state index contributed by atoms with van der Waals surface area (Å²) >= 11 is 0. The summed E-state index contributed by atoms with van der Waals surface area (Å²) in [6.07, 6.45) is 11.7. The van der Waals surface area contributed by atoms with Gasteiger partial charge in [0.2, 0.25) is 0 Å². The molecule has 188 valence electrons. The maximum atomic E-state index is 14.6. The summed E-state index contributed by atoms with van der Waals surface area (Å²) in [5.41, 5.74) is 5.52. The summed E-state index contributed by atoms with van der Waals surface area (Å²) < 4.78 is 14.6. The molecule has 2 aromatic rings. The Balaban J connectivity index is 2.03. The maximum absolute atomic E-state index is 14.6. The molecule has 0 fully saturated rings. The van der Waals surface area contributed by atoms with Crippen LogP contribution >= 0.6 is 0 Å². The third kappa shape index (κ3) is 8.10. The van der Waals surface area contributed by atoms with Crippen molar-refractivity contribution in [1.29, 1.82) is 0 Å². The summed E-state index contributed by atoms with van der Waals surface area (Å²) in [5, 5.41) is 0. The Bertz CT molecular complexity index is 881. The number of halogens is 1. The van der Waals surface area contributed by atoms with Crippen LogP contribution in [0.5, 0.6) is 0 Å². The Hall–Kier alpha value is -1.89. The van der Waals surface area contributed by atoms with Gasteiger partial charge in [-0.05, 0) is 96.9 Å². The topological polar surface area (TPSA) is 0 Å². The number of allylic oxidation sites excluding steroid dienone is 1. The van der Waals surface area contributed by atoms with Gasteiger partial charge in [-0.3, -0.25) is 0 Å². The average Bonchev–Trinajstić information content (AvgIpc) is 2.81. The Morgan fingerprint density at radius 3 is 2.32 bits per heavy atom. The fourth-order valence-corrected chi connectivity index (χ4v) is 6.04. The Kier molecular flexibility index (Phi) is 11.6. The lowest BCUT2D eigenvalue weighted by Gasteiger charge is -2.35. The zero-order chi connectivity index (χ0) is 25.1. The van der Waals surface area contributed by atoms with E-state index in [1.54, 1.807) is 0 Å². The second kappa shape index (κ2) is 13.9. The maximum Gasteiger partial charge on any atom is 0.129 e. The van der Waals surface area contributed by atoms with Gasteiger partial charge in [0.25, 0.3) is 0 Å². The minimum atomic E-state index is -0.0492. The molecule has 0 aliphatic heterocycles. The highest BCUT2D eigenvalue weighted by atomic mass is 19.1.